The number of fused-ring (bicyclic) bond motifs is 3. The van der Waals surface area contributed by atoms with Gasteiger partial charge in [-0.25, -0.2) is 0 Å². The van der Waals surface area contributed by atoms with Gasteiger partial charge in [-0.1, -0.05) is 36.4 Å². The predicted octanol–water partition coefficient (Wildman–Crippen LogP) is -11.6. The number of amides is 13. The Labute approximate surface area is 772 Å². The van der Waals surface area contributed by atoms with Crippen LogP contribution in [0.1, 0.15) is 144 Å². The molecule has 10 atom stereocenters. The number of guanidine groups is 8. The molecule has 0 radical (unpaired) electrons. The average molecular weight is 1880 g/mol. The fourth-order valence-corrected chi connectivity index (χ4v) is 13.3. The molecule has 134 heavy (non-hydrogen) atoms. The van der Waals surface area contributed by atoms with Crippen LogP contribution in [-0.2, 0) is 64.1 Å². The van der Waals surface area contributed by atoms with Gasteiger partial charge in [-0.3, -0.25) is 102 Å². The van der Waals surface area contributed by atoms with Crippen molar-refractivity contribution in [3.8, 4) is 11.4 Å². The molecule has 55 heteroatoms. The van der Waals surface area contributed by atoms with Gasteiger partial charge < -0.3 is 166 Å². The Bertz CT molecular complexity index is 4680. The third-order valence-corrected chi connectivity index (χ3v) is 19.7. The third-order valence-electron chi connectivity index (χ3n) is 19.7. The summed E-state index contributed by atoms with van der Waals surface area (Å²) in [7, 11) is 0. The van der Waals surface area contributed by atoms with Crippen molar-refractivity contribution in [2.45, 2.75) is 183 Å². The molecule has 2 unspecified atom stereocenters. The maximum atomic E-state index is 14.0. The highest BCUT2D eigenvalue weighted by Gasteiger charge is 2.38. The van der Waals surface area contributed by atoms with E-state index in [1.807, 2.05) is 30.4 Å². The van der Waals surface area contributed by atoms with Gasteiger partial charge in [0, 0.05) is 94.6 Å². The lowest BCUT2D eigenvalue weighted by Crippen LogP contribution is -2.59. The van der Waals surface area contributed by atoms with Crippen LogP contribution in [0, 0.1) is 0 Å². The molecule has 736 valence electrons. The summed E-state index contributed by atoms with van der Waals surface area (Å²) in [6.45, 7) is 2.76. The zero-order valence-electron chi connectivity index (χ0n) is 75.1. The normalized spacial score (nSPS) is 14.1. The van der Waals surface area contributed by atoms with Crippen molar-refractivity contribution in [2.75, 3.05) is 83.4 Å². The maximum absolute atomic E-state index is 14.0. The Hall–Kier alpha value is -15.9. The number of anilines is 1. The van der Waals surface area contributed by atoms with Crippen molar-refractivity contribution in [3.63, 3.8) is 0 Å². The monoisotopic (exact) mass is 1880 g/mol. The summed E-state index contributed by atoms with van der Waals surface area (Å²) in [6.07, 6.45) is 11.6. The Morgan fingerprint density at radius 2 is 0.709 bits per heavy atom. The quantitative estimate of drug-likeness (QED) is 0.0142. The number of hydrogen-bond acceptors (Lipinski definition) is 25. The number of carbonyl (C=O) groups is 13. The van der Waals surface area contributed by atoms with E-state index in [1.165, 1.54) is 6.92 Å². The zero-order chi connectivity index (χ0) is 99.2. The van der Waals surface area contributed by atoms with Crippen molar-refractivity contribution in [1.29, 1.82) is 0 Å². The number of benzene rings is 2. The molecular formula is C79H132N42O13. The number of allylic oxidation sites excluding steroid dienone is 2. The molecular weight excluding hydrogens is 1750 g/mol. The lowest BCUT2D eigenvalue weighted by atomic mass is 9.90. The summed E-state index contributed by atoms with van der Waals surface area (Å²) < 4.78 is 0. The molecule has 2 aliphatic rings. The number of primary amides is 1. The Balaban J connectivity index is 0.000000579. The van der Waals surface area contributed by atoms with E-state index in [0.29, 0.717) is 50.2 Å². The number of carbonyl (C=O) groups excluding carboxylic acids is 13. The number of nitrogens with one attached hydrogen (secondary N) is 13. The first-order valence-corrected chi connectivity index (χ1v) is 43.0. The first-order chi connectivity index (χ1) is 63.7. The van der Waals surface area contributed by atoms with E-state index >= 15 is 0 Å². The summed E-state index contributed by atoms with van der Waals surface area (Å²) >= 11 is 0. The van der Waals surface area contributed by atoms with Gasteiger partial charge in [-0.2, -0.15) is 5.21 Å². The Kier molecular flexibility index (Phi) is 49.5. The van der Waals surface area contributed by atoms with E-state index in [-0.39, 0.29) is 189 Å². The van der Waals surface area contributed by atoms with Crippen LogP contribution in [-0.4, -0.2) is 278 Å². The third kappa shape index (κ3) is 44.9. The van der Waals surface area contributed by atoms with Crippen LogP contribution in [0.2, 0.25) is 0 Å². The molecule has 2 heterocycles. The molecule has 1 aromatic heterocycles. The number of rotatable bonds is 59. The fraction of sp³-hybridized carbons (Fsp3) is 0.519. The highest BCUT2D eigenvalue weighted by molar-refractivity contribution is 5.99. The lowest BCUT2D eigenvalue weighted by Gasteiger charge is -2.28. The summed E-state index contributed by atoms with van der Waals surface area (Å²) in [5, 5.41) is 45.1. The fourth-order valence-electron chi connectivity index (χ4n) is 13.3. The van der Waals surface area contributed by atoms with Crippen molar-refractivity contribution >= 4 is 130 Å². The molecule has 0 saturated heterocycles. The van der Waals surface area contributed by atoms with Gasteiger partial charge >= 0.3 is 0 Å². The molecule has 0 fully saturated rings. The molecule has 1 aliphatic heterocycles. The minimum Gasteiger partial charge on any atom is -0.370 e. The van der Waals surface area contributed by atoms with Crippen LogP contribution in [0.5, 0.6) is 0 Å². The average Bonchev–Trinajstić information content (AvgIpc) is 1.60. The van der Waals surface area contributed by atoms with Crippen LogP contribution >= 0.6 is 0 Å². The van der Waals surface area contributed by atoms with Gasteiger partial charge in [-0.05, 0) is 156 Å². The number of H-pyrrole nitrogens is 1. The van der Waals surface area contributed by atoms with Gasteiger partial charge in [0.05, 0.1) is 32.2 Å². The number of hydrogen-bond donors (Lipinski definition) is 30. The Morgan fingerprint density at radius 1 is 0.381 bits per heavy atom. The first kappa shape index (κ1) is 110. The molecule has 0 bridgehead atoms. The molecule has 3 aromatic rings. The first-order valence-electron chi connectivity index (χ1n) is 43.0. The topological polar surface area (TPSA) is 965 Å². The predicted molar refractivity (Wildman–Crippen MR) is 504 cm³/mol. The number of tetrazole rings is 1. The summed E-state index contributed by atoms with van der Waals surface area (Å²) in [6, 6.07) is 4.60. The summed E-state index contributed by atoms with van der Waals surface area (Å²) in [5.74, 6) is -9.61. The van der Waals surface area contributed by atoms with E-state index in [0.717, 1.165) is 22.4 Å². The number of aromatic amines is 1. The molecule has 0 saturated carbocycles. The largest absolute Gasteiger partial charge is 0.370 e. The van der Waals surface area contributed by atoms with Crippen LogP contribution in [0.4, 0.5) is 5.69 Å². The van der Waals surface area contributed by atoms with Crippen molar-refractivity contribution in [1.82, 2.24) is 84.4 Å². The second kappa shape index (κ2) is 60.0. The molecule has 2 aromatic carbocycles. The minimum atomic E-state index is -1.32. The second-order valence-electron chi connectivity index (χ2n) is 30.7. The van der Waals surface area contributed by atoms with Crippen LogP contribution in [0.25, 0.3) is 11.4 Å². The second-order valence-corrected chi connectivity index (χ2v) is 30.7. The lowest BCUT2D eigenvalue weighted by molar-refractivity contribution is -0.135. The van der Waals surface area contributed by atoms with E-state index in [4.69, 9.17) is 97.5 Å². The van der Waals surface area contributed by atoms with Gasteiger partial charge in [0.15, 0.2) is 47.7 Å². The van der Waals surface area contributed by atoms with E-state index in [1.54, 1.807) is 19.1 Å². The van der Waals surface area contributed by atoms with Crippen molar-refractivity contribution < 1.29 is 62.3 Å². The van der Waals surface area contributed by atoms with E-state index in [2.05, 4.69) is 154 Å². The number of nitrogens with zero attached hydrogens (tertiary/aromatic N) is 12. The molecule has 47 N–H and O–H groups in total. The van der Waals surface area contributed by atoms with Crippen molar-refractivity contribution in [3.05, 3.63) is 83.5 Å². The maximum Gasteiger partial charge on any atom is 0.251 e. The minimum absolute atomic E-state index is 0.00893. The van der Waals surface area contributed by atoms with Gasteiger partial charge in [0.2, 0.25) is 76.7 Å². The van der Waals surface area contributed by atoms with Gasteiger partial charge in [-0.15, -0.1) is 10.2 Å². The van der Waals surface area contributed by atoms with Gasteiger partial charge in [0.25, 0.3) is 5.91 Å². The standard InChI is InChI=1S/C47H67N21O7.C32H65N21O6/c1-27(7-4-18-54-45(48)49)61-43(74)34(10-6-20-56-47(52)53)63-44(75)33(9-5-19-55-46(50)51)62-40(72)25-59-38(70)23-57-37(69)22-58-39(71)24-60-42(73)29-14-12-28(13-15-29)26-68-35-11-3-2-8-31(35)32-21-30(16-17-36(32)68)41-64-66-67-65-41;1-17(54)49-19(8-3-13-45-29(36)37)24(56)51-21(10-5-15-47-31(40)41)26(58)53-22(11-6-16-48-32(42)43)27(59)52-20(9-4-14-46-30(38)39)25(57)50-18(23(33)55)7-2-12-44-28(34)35/h2-3,8,11-17,21,27,31,33-35H,4-7,9-10,18-20,22-26H2,1H3,(H,57,69)(H,58,71)(H,59,70)(H,60,73)(H,61,74)(H,62,72)(H,63,75)(H4,48,49,54)(H4,50,51,55)(H4,52,53,56)(H,64,65,66,67);18-22H,2-16H2,1H3,(H2,33,55)(H,49,54)(H,50,57)(H,51,56)(H,52,59)(H,53,58)(H4,34,35,44)(H4,36,37,45)(H4,38,39,46)(H4,40,41,47)(H4,42,43,48)/t27-,31?,33+,34+,35?;18-,19-,20-,21-,22-/m10/s1. The van der Waals surface area contributed by atoms with E-state index < -0.39 is 145 Å². The van der Waals surface area contributed by atoms with Crippen molar-refractivity contribution in [2.24, 2.45) is 137 Å². The SMILES string of the molecule is CC(=O)N[C@@H](CCCN=C(N)N)C(=O)N[C@@H](CCCN=C(N)N)C(=O)N[C@@H](CCCN=C(N)N)C(=O)N[C@@H](CCCN=C(N)N)C(=O)N[C@@H](CCCN=C(N)N)C(N)=O.C[C@H](CCCN=C(N)N)NC(=O)[C@H](CCCN=C(N)N)NC(=O)[C@H](CCCN=C(N)N)NC(=O)CNC(=O)CNC(=O)CNC(=O)CNC(=O)c1ccc(CN2c3ccc(-c4nn[nH]n4)cc3C3C=CC=CC32)cc1. The molecule has 5 rings (SSSR count). The summed E-state index contributed by atoms with van der Waals surface area (Å²) in [5.41, 5.74) is 96.6. The van der Waals surface area contributed by atoms with E-state index in [9.17, 15) is 62.3 Å². The highest BCUT2D eigenvalue weighted by atomic mass is 16.2. The van der Waals surface area contributed by atoms with Gasteiger partial charge in [0.1, 0.15) is 42.3 Å². The van der Waals surface area contributed by atoms with Crippen LogP contribution in [0.3, 0.4) is 0 Å². The smallest absolute Gasteiger partial charge is 0.251 e. The van der Waals surface area contributed by atoms with Crippen LogP contribution < -0.4 is 166 Å². The number of aromatic nitrogens is 4. The molecule has 1 aliphatic carbocycles. The molecule has 13 amide bonds. The molecule has 0 spiro atoms. The number of aliphatic imine (C=N–C) groups is 8. The van der Waals surface area contributed by atoms with Crippen LogP contribution in [0.15, 0.2) is 107 Å². The summed E-state index contributed by atoms with van der Waals surface area (Å²) in [4.78, 5) is 203. The Morgan fingerprint density at radius 3 is 1.07 bits per heavy atom. The molecule has 55 nitrogen and oxygen atoms in total. The highest BCUT2D eigenvalue weighted by Crippen LogP contribution is 2.46. The zero-order valence-corrected chi connectivity index (χ0v) is 75.1. The number of nitrogens with two attached hydrogens (primary N) is 17.